The summed E-state index contributed by atoms with van der Waals surface area (Å²) in [4.78, 5) is 11.0. The van der Waals surface area contributed by atoms with E-state index in [1.54, 1.807) is 13.0 Å². The Labute approximate surface area is 95.4 Å². The van der Waals surface area contributed by atoms with Crippen molar-refractivity contribution in [2.75, 3.05) is 26.9 Å². The van der Waals surface area contributed by atoms with Crippen LogP contribution in [0.5, 0.6) is 0 Å². The summed E-state index contributed by atoms with van der Waals surface area (Å²) in [7, 11) is 1.30. The Balaban J connectivity index is 4.28. The third kappa shape index (κ3) is 4.30. The summed E-state index contributed by atoms with van der Waals surface area (Å²) in [5.74, 6) is -0.400. The number of rotatable bonds is 7. The fourth-order valence-electron chi connectivity index (χ4n) is 1.23. The van der Waals surface area contributed by atoms with Crippen LogP contribution in [0.1, 0.15) is 19.8 Å². The first-order valence-electron chi connectivity index (χ1n) is 5.13. The van der Waals surface area contributed by atoms with Crippen LogP contribution in [0, 0.1) is 5.41 Å². The SMILES string of the molecule is COC(=O)C(C)=CCCC(CO)(CO)CO. The molecule has 0 spiro atoms. The Morgan fingerprint density at radius 3 is 2.12 bits per heavy atom. The third-order valence-electron chi connectivity index (χ3n) is 2.64. The van der Waals surface area contributed by atoms with Gasteiger partial charge in [-0.2, -0.15) is 0 Å². The predicted octanol–water partition coefficient (Wildman–Crippen LogP) is -0.151. The molecule has 0 saturated carbocycles. The lowest BCUT2D eigenvalue weighted by Crippen LogP contribution is -2.33. The summed E-state index contributed by atoms with van der Waals surface area (Å²) in [6.45, 7) is 0.770. The first-order valence-corrected chi connectivity index (χ1v) is 5.13. The minimum Gasteiger partial charge on any atom is -0.466 e. The number of aliphatic hydroxyl groups excluding tert-OH is 3. The lowest BCUT2D eigenvalue weighted by molar-refractivity contribution is -0.136. The second-order valence-corrected chi connectivity index (χ2v) is 3.89. The summed E-state index contributed by atoms with van der Waals surface area (Å²) in [5.41, 5.74) is -0.405. The number of esters is 1. The van der Waals surface area contributed by atoms with E-state index in [1.807, 2.05) is 0 Å². The minimum absolute atomic E-state index is 0.287. The minimum atomic E-state index is -0.882. The summed E-state index contributed by atoms with van der Waals surface area (Å²) >= 11 is 0. The van der Waals surface area contributed by atoms with Crippen molar-refractivity contribution in [2.45, 2.75) is 19.8 Å². The number of methoxy groups -OCH3 is 1. The molecule has 0 heterocycles. The molecule has 0 aromatic carbocycles. The highest BCUT2D eigenvalue weighted by molar-refractivity contribution is 5.87. The van der Waals surface area contributed by atoms with Crippen LogP contribution in [0.15, 0.2) is 11.6 Å². The molecule has 0 radical (unpaired) electrons. The molecule has 0 fully saturated rings. The third-order valence-corrected chi connectivity index (χ3v) is 2.64. The highest BCUT2D eigenvalue weighted by atomic mass is 16.5. The zero-order chi connectivity index (χ0) is 12.6. The molecule has 16 heavy (non-hydrogen) atoms. The van der Waals surface area contributed by atoms with E-state index in [0.29, 0.717) is 18.4 Å². The van der Waals surface area contributed by atoms with E-state index in [1.165, 1.54) is 7.11 Å². The van der Waals surface area contributed by atoms with Crippen molar-refractivity contribution < 1.29 is 24.9 Å². The van der Waals surface area contributed by atoms with E-state index >= 15 is 0 Å². The normalized spacial score (nSPS) is 12.7. The van der Waals surface area contributed by atoms with E-state index < -0.39 is 11.4 Å². The lowest BCUT2D eigenvalue weighted by Gasteiger charge is -2.26. The Morgan fingerprint density at radius 1 is 1.25 bits per heavy atom. The largest absolute Gasteiger partial charge is 0.466 e. The molecular weight excluding hydrogens is 212 g/mol. The van der Waals surface area contributed by atoms with Crippen molar-refractivity contribution in [1.82, 2.24) is 0 Å². The van der Waals surface area contributed by atoms with Gasteiger partial charge in [0.2, 0.25) is 0 Å². The van der Waals surface area contributed by atoms with Gasteiger partial charge in [-0.15, -0.1) is 0 Å². The van der Waals surface area contributed by atoms with Crippen molar-refractivity contribution in [1.29, 1.82) is 0 Å². The Hall–Kier alpha value is -0.910. The maximum atomic E-state index is 11.0. The van der Waals surface area contributed by atoms with Gasteiger partial charge in [0, 0.05) is 11.0 Å². The van der Waals surface area contributed by atoms with Crippen LogP contribution in [-0.2, 0) is 9.53 Å². The number of aliphatic hydroxyl groups is 3. The fourth-order valence-corrected chi connectivity index (χ4v) is 1.23. The summed E-state index contributed by atoms with van der Waals surface area (Å²) in [6, 6.07) is 0. The van der Waals surface area contributed by atoms with Crippen LogP contribution in [0.25, 0.3) is 0 Å². The molecule has 5 heteroatoms. The second-order valence-electron chi connectivity index (χ2n) is 3.89. The van der Waals surface area contributed by atoms with Crippen LogP contribution < -0.4 is 0 Å². The van der Waals surface area contributed by atoms with Gasteiger partial charge in [0.05, 0.1) is 26.9 Å². The maximum absolute atomic E-state index is 11.0. The van der Waals surface area contributed by atoms with E-state index in [9.17, 15) is 4.79 Å². The van der Waals surface area contributed by atoms with E-state index in [-0.39, 0.29) is 19.8 Å². The smallest absolute Gasteiger partial charge is 0.333 e. The van der Waals surface area contributed by atoms with Crippen LogP contribution >= 0.6 is 0 Å². The molecule has 0 aromatic heterocycles. The summed E-state index contributed by atoms with van der Waals surface area (Å²) < 4.78 is 4.52. The molecule has 0 aliphatic heterocycles. The molecule has 5 nitrogen and oxygen atoms in total. The standard InChI is InChI=1S/C11H20O5/c1-9(10(15)16-2)4-3-5-11(6-12,7-13)8-14/h4,12-14H,3,5-8H2,1-2H3. The van der Waals surface area contributed by atoms with Gasteiger partial charge in [0.15, 0.2) is 0 Å². The van der Waals surface area contributed by atoms with Gasteiger partial charge in [-0.25, -0.2) is 4.79 Å². The molecule has 0 rings (SSSR count). The zero-order valence-corrected chi connectivity index (χ0v) is 9.77. The van der Waals surface area contributed by atoms with Gasteiger partial charge in [-0.3, -0.25) is 0 Å². The number of hydrogen-bond donors (Lipinski definition) is 3. The van der Waals surface area contributed by atoms with Crippen molar-refractivity contribution in [3.63, 3.8) is 0 Å². The molecule has 0 bridgehead atoms. The lowest BCUT2D eigenvalue weighted by atomic mass is 9.85. The predicted molar refractivity (Wildman–Crippen MR) is 58.7 cm³/mol. The van der Waals surface area contributed by atoms with Crippen LogP contribution in [0.2, 0.25) is 0 Å². The Morgan fingerprint density at radius 2 is 1.75 bits per heavy atom. The topological polar surface area (TPSA) is 87.0 Å². The molecule has 0 aliphatic rings. The number of carbonyl (C=O) groups excluding carboxylic acids is 1. The van der Waals surface area contributed by atoms with Gasteiger partial charge in [-0.1, -0.05) is 6.08 Å². The first-order chi connectivity index (χ1) is 7.55. The van der Waals surface area contributed by atoms with E-state index in [0.717, 1.165) is 0 Å². The average Bonchev–Trinajstić information content (AvgIpc) is 2.34. The number of allylic oxidation sites excluding steroid dienone is 1. The Kier molecular flexibility index (Phi) is 6.96. The summed E-state index contributed by atoms with van der Waals surface area (Å²) in [5, 5.41) is 27.2. The quantitative estimate of drug-likeness (QED) is 0.420. The number of hydrogen-bond acceptors (Lipinski definition) is 5. The van der Waals surface area contributed by atoms with E-state index in [4.69, 9.17) is 15.3 Å². The van der Waals surface area contributed by atoms with Crippen LogP contribution in [0.3, 0.4) is 0 Å². The van der Waals surface area contributed by atoms with Crippen LogP contribution in [0.4, 0.5) is 0 Å². The highest BCUT2D eigenvalue weighted by Gasteiger charge is 2.26. The molecular formula is C11H20O5. The molecule has 0 aromatic rings. The van der Waals surface area contributed by atoms with Crippen molar-refractivity contribution in [3.05, 3.63) is 11.6 Å². The monoisotopic (exact) mass is 232 g/mol. The molecule has 0 aliphatic carbocycles. The second kappa shape index (κ2) is 7.38. The maximum Gasteiger partial charge on any atom is 0.333 e. The number of carbonyl (C=O) groups is 1. The van der Waals surface area contributed by atoms with Gasteiger partial charge in [-0.05, 0) is 19.8 Å². The highest BCUT2D eigenvalue weighted by Crippen LogP contribution is 2.22. The van der Waals surface area contributed by atoms with Gasteiger partial charge in [0.1, 0.15) is 0 Å². The van der Waals surface area contributed by atoms with Gasteiger partial charge in [0.25, 0.3) is 0 Å². The summed E-state index contributed by atoms with van der Waals surface area (Å²) in [6.07, 6.45) is 2.56. The molecule has 94 valence electrons. The fraction of sp³-hybridized carbons (Fsp3) is 0.727. The van der Waals surface area contributed by atoms with Gasteiger partial charge >= 0.3 is 5.97 Å². The molecule has 0 unspecified atom stereocenters. The number of ether oxygens (including phenoxy) is 1. The first kappa shape index (κ1) is 15.1. The van der Waals surface area contributed by atoms with Crippen molar-refractivity contribution in [3.8, 4) is 0 Å². The van der Waals surface area contributed by atoms with Crippen molar-refractivity contribution >= 4 is 5.97 Å². The van der Waals surface area contributed by atoms with Gasteiger partial charge < -0.3 is 20.1 Å². The molecule has 0 saturated heterocycles. The molecule has 0 atom stereocenters. The average molecular weight is 232 g/mol. The van der Waals surface area contributed by atoms with E-state index in [2.05, 4.69) is 4.74 Å². The molecule has 0 amide bonds. The van der Waals surface area contributed by atoms with Crippen LogP contribution in [-0.4, -0.2) is 48.2 Å². The zero-order valence-electron chi connectivity index (χ0n) is 9.77. The van der Waals surface area contributed by atoms with Crippen molar-refractivity contribution in [2.24, 2.45) is 5.41 Å². The Bertz CT molecular complexity index is 234. The molecule has 3 N–H and O–H groups in total.